The lowest BCUT2D eigenvalue weighted by molar-refractivity contribution is -0.0349. The topological polar surface area (TPSA) is 60.7 Å². The van der Waals surface area contributed by atoms with E-state index in [1.165, 1.54) is 11.1 Å². The van der Waals surface area contributed by atoms with E-state index in [1.54, 1.807) is 11.8 Å². The Morgan fingerprint density at radius 2 is 1.91 bits per heavy atom. The third kappa shape index (κ3) is 1.87. The molecule has 1 heterocycles. The molecule has 4 heteroatoms. The number of thioether (sulfide) groups is 1. The second-order valence-corrected chi connectivity index (χ2v) is 9.31. The van der Waals surface area contributed by atoms with Crippen LogP contribution in [0.2, 0.25) is 0 Å². The molecule has 3 nitrogen and oxygen atoms in total. The minimum absolute atomic E-state index is 0.133. The summed E-state index contributed by atoms with van der Waals surface area (Å²) in [6.07, 6.45) is 6.80. The monoisotopic (exact) mass is 322 g/mol. The SMILES string of the molecule is C[C@]12CSC(O)CC1=CC=C1[C@H]2CC[C@]2(C)C(O)C(O)C[C@@H]12. The van der Waals surface area contributed by atoms with Crippen LogP contribution in [0.5, 0.6) is 0 Å². The summed E-state index contributed by atoms with van der Waals surface area (Å²) in [6, 6.07) is 0. The zero-order valence-corrected chi connectivity index (χ0v) is 14.1. The van der Waals surface area contributed by atoms with Gasteiger partial charge in [-0.1, -0.05) is 37.1 Å². The summed E-state index contributed by atoms with van der Waals surface area (Å²) in [5, 5.41) is 30.6. The van der Waals surface area contributed by atoms with Gasteiger partial charge in [0.15, 0.2) is 0 Å². The first-order valence-corrected chi connectivity index (χ1v) is 9.48. The predicted molar refractivity (Wildman–Crippen MR) is 88.3 cm³/mol. The van der Waals surface area contributed by atoms with Crippen molar-refractivity contribution in [2.75, 3.05) is 5.75 Å². The molecule has 7 atom stereocenters. The van der Waals surface area contributed by atoms with Gasteiger partial charge in [0.2, 0.25) is 0 Å². The van der Waals surface area contributed by atoms with Crippen LogP contribution in [0.4, 0.5) is 0 Å². The van der Waals surface area contributed by atoms with E-state index >= 15 is 0 Å². The molecule has 4 aliphatic rings. The molecular formula is C18H26O3S. The predicted octanol–water partition coefficient (Wildman–Crippen LogP) is 2.47. The van der Waals surface area contributed by atoms with Crippen LogP contribution in [0.1, 0.15) is 39.5 Å². The highest BCUT2D eigenvalue weighted by atomic mass is 32.2. The van der Waals surface area contributed by atoms with E-state index in [0.29, 0.717) is 18.3 Å². The van der Waals surface area contributed by atoms with Gasteiger partial charge in [0.05, 0.1) is 12.2 Å². The standard InChI is InChI=1S/C18H26O3S/c1-17-6-5-12-11(13(17)8-14(19)16(17)21)4-3-10-7-15(20)22-9-18(10,12)2/h3-4,12-16,19-21H,5-9H2,1-2H3/t12-,13+,14?,15?,16?,17+,18+/m1/s1. The van der Waals surface area contributed by atoms with Crippen LogP contribution in [-0.4, -0.2) is 38.7 Å². The first-order chi connectivity index (χ1) is 10.4. The molecule has 1 saturated heterocycles. The van der Waals surface area contributed by atoms with Gasteiger partial charge in [-0.05, 0) is 31.1 Å². The van der Waals surface area contributed by atoms with Crippen molar-refractivity contribution in [1.82, 2.24) is 0 Å². The second-order valence-electron chi connectivity index (χ2n) is 8.14. The number of fused-ring (bicyclic) bond motifs is 5. The van der Waals surface area contributed by atoms with Crippen LogP contribution in [0.3, 0.4) is 0 Å². The highest BCUT2D eigenvalue weighted by Crippen LogP contribution is 2.63. The molecule has 0 aromatic carbocycles. The number of allylic oxidation sites excluding steroid dienone is 3. The Labute approximate surface area is 136 Å². The van der Waals surface area contributed by atoms with Gasteiger partial charge in [0.25, 0.3) is 0 Å². The Hall–Kier alpha value is -0.290. The molecule has 22 heavy (non-hydrogen) atoms. The van der Waals surface area contributed by atoms with E-state index in [1.807, 2.05) is 0 Å². The molecule has 3 unspecified atom stereocenters. The minimum Gasteiger partial charge on any atom is -0.390 e. The fourth-order valence-electron chi connectivity index (χ4n) is 5.53. The van der Waals surface area contributed by atoms with Gasteiger partial charge in [-0.3, -0.25) is 0 Å². The maximum absolute atomic E-state index is 10.4. The third-order valence-electron chi connectivity index (χ3n) is 7.04. The number of aliphatic hydroxyl groups is 3. The normalized spacial score (nSPS) is 54.0. The molecule has 3 fully saturated rings. The van der Waals surface area contributed by atoms with Crippen LogP contribution in [-0.2, 0) is 0 Å². The van der Waals surface area contributed by atoms with Crippen molar-refractivity contribution in [1.29, 1.82) is 0 Å². The quantitative estimate of drug-likeness (QED) is 0.641. The van der Waals surface area contributed by atoms with Crippen LogP contribution < -0.4 is 0 Å². The summed E-state index contributed by atoms with van der Waals surface area (Å²) < 4.78 is 0. The van der Waals surface area contributed by atoms with Gasteiger partial charge in [-0.2, -0.15) is 0 Å². The van der Waals surface area contributed by atoms with Crippen LogP contribution in [0.15, 0.2) is 23.3 Å². The average Bonchev–Trinajstić information content (AvgIpc) is 2.72. The van der Waals surface area contributed by atoms with Gasteiger partial charge in [-0.25, -0.2) is 0 Å². The molecule has 122 valence electrons. The van der Waals surface area contributed by atoms with Crippen molar-refractivity contribution in [2.45, 2.75) is 57.2 Å². The van der Waals surface area contributed by atoms with Crippen molar-refractivity contribution in [3.8, 4) is 0 Å². The summed E-state index contributed by atoms with van der Waals surface area (Å²) in [4.78, 5) is 0. The molecule has 0 aromatic heterocycles. The number of hydrogen-bond donors (Lipinski definition) is 3. The van der Waals surface area contributed by atoms with E-state index in [4.69, 9.17) is 0 Å². The molecule has 0 bridgehead atoms. The molecule has 0 radical (unpaired) electrons. The van der Waals surface area contributed by atoms with Crippen LogP contribution in [0, 0.1) is 22.7 Å². The Balaban J connectivity index is 1.74. The molecule has 0 aromatic rings. The maximum atomic E-state index is 10.4. The molecule has 0 spiro atoms. The summed E-state index contributed by atoms with van der Waals surface area (Å²) in [6.45, 7) is 4.50. The van der Waals surface area contributed by atoms with E-state index < -0.39 is 12.2 Å². The molecule has 0 amide bonds. The van der Waals surface area contributed by atoms with Gasteiger partial charge < -0.3 is 15.3 Å². The number of rotatable bonds is 0. The maximum Gasteiger partial charge on any atom is 0.103 e. The Morgan fingerprint density at radius 3 is 2.68 bits per heavy atom. The number of hydrogen-bond acceptors (Lipinski definition) is 4. The van der Waals surface area contributed by atoms with Gasteiger partial charge in [0, 0.05) is 23.0 Å². The van der Waals surface area contributed by atoms with E-state index in [9.17, 15) is 15.3 Å². The largest absolute Gasteiger partial charge is 0.390 e. The van der Waals surface area contributed by atoms with Crippen LogP contribution >= 0.6 is 11.8 Å². The molecule has 3 N–H and O–H groups in total. The van der Waals surface area contributed by atoms with Crippen molar-refractivity contribution >= 4 is 11.8 Å². The Kier molecular flexibility index (Phi) is 3.37. The summed E-state index contributed by atoms with van der Waals surface area (Å²) in [5.74, 6) is 1.77. The highest BCUT2D eigenvalue weighted by Gasteiger charge is 2.58. The van der Waals surface area contributed by atoms with Crippen LogP contribution in [0.25, 0.3) is 0 Å². The lowest BCUT2D eigenvalue weighted by Gasteiger charge is -2.53. The van der Waals surface area contributed by atoms with Crippen molar-refractivity contribution in [2.24, 2.45) is 22.7 Å². The Bertz CT molecular complexity index is 557. The summed E-state index contributed by atoms with van der Waals surface area (Å²) in [7, 11) is 0. The van der Waals surface area contributed by atoms with E-state index in [0.717, 1.165) is 25.0 Å². The first-order valence-electron chi connectivity index (χ1n) is 8.43. The van der Waals surface area contributed by atoms with Crippen molar-refractivity contribution in [3.63, 3.8) is 0 Å². The fourth-order valence-corrected chi connectivity index (χ4v) is 6.75. The lowest BCUT2D eigenvalue weighted by Crippen LogP contribution is -2.48. The molecule has 1 aliphatic heterocycles. The van der Waals surface area contributed by atoms with Gasteiger partial charge in [-0.15, -0.1) is 11.8 Å². The highest BCUT2D eigenvalue weighted by molar-refractivity contribution is 7.99. The van der Waals surface area contributed by atoms with Crippen molar-refractivity contribution in [3.05, 3.63) is 23.3 Å². The molecular weight excluding hydrogens is 296 g/mol. The van der Waals surface area contributed by atoms with Gasteiger partial charge >= 0.3 is 0 Å². The second kappa shape index (κ2) is 4.85. The van der Waals surface area contributed by atoms with Crippen molar-refractivity contribution < 1.29 is 15.3 Å². The molecule has 3 aliphatic carbocycles. The zero-order chi connectivity index (χ0) is 15.7. The minimum atomic E-state index is -0.597. The fraction of sp³-hybridized carbons (Fsp3) is 0.778. The Morgan fingerprint density at radius 1 is 1.14 bits per heavy atom. The average molecular weight is 322 g/mol. The zero-order valence-electron chi connectivity index (χ0n) is 13.3. The summed E-state index contributed by atoms with van der Waals surface area (Å²) in [5.41, 5.74) is 2.51. The smallest absolute Gasteiger partial charge is 0.103 e. The molecule has 2 saturated carbocycles. The first kappa shape index (κ1) is 15.3. The van der Waals surface area contributed by atoms with E-state index in [-0.39, 0.29) is 16.3 Å². The number of aliphatic hydroxyl groups excluding tert-OH is 3. The third-order valence-corrected chi connectivity index (χ3v) is 8.36. The lowest BCUT2D eigenvalue weighted by atomic mass is 9.54. The van der Waals surface area contributed by atoms with E-state index in [2.05, 4.69) is 26.0 Å². The molecule has 4 rings (SSSR count). The summed E-state index contributed by atoms with van der Waals surface area (Å²) >= 11 is 1.67. The van der Waals surface area contributed by atoms with Gasteiger partial charge in [0.1, 0.15) is 5.44 Å².